The van der Waals surface area contributed by atoms with Crippen LogP contribution in [0.1, 0.15) is 6.92 Å². The van der Waals surface area contributed by atoms with Crippen molar-refractivity contribution in [1.29, 1.82) is 0 Å². The molecule has 0 aromatic rings. The molecule has 2 N–H and O–H groups in total. The zero-order valence-corrected chi connectivity index (χ0v) is 9.96. The number of allylic oxidation sites excluding steroid dienone is 4. The third-order valence-electron chi connectivity index (χ3n) is 3.08. The molecule has 1 aliphatic carbocycles. The highest BCUT2D eigenvalue weighted by Gasteiger charge is 2.25. The van der Waals surface area contributed by atoms with Crippen LogP contribution in [0.3, 0.4) is 0 Å². The molecule has 2 heteroatoms. The Labute approximate surface area is 93.1 Å². The van der Waals surface area contributed by atoms with Crippen molar-refractivity contribution in [1.82, 2.24) is 10.6 Å². The van der Waals surface area contributed by atoms with Gasteiger partial charge >= 0.3 is 0 Å². The number of hydrogen-bond donors (Lipinski definition) is 2. The van der Waals surface area contributed by atoms with Crippen molar-refractivity contribution in [3.8, 4) is 0 Å². The predicted molar refractivity (Wildman–Crippen MR) is 66.6 cm³/mol. The van der Waals surface area contributed by atoms with Crippen molar-refractivity contribution < 1.29 is 0 Å². The second-order valence-electron chi connectivity index (χ2n) is 4.18. The molecule has 15 heavy (non-hydrogen) atoms. The summed E-state index contributed by atoms with van der Waals surface area (Å²) >= 11 is 0. The normalized spacial score (nSPS) is 26.3. The average Bonchev–Trinajstić information content (AvgIpc) is 2.28. The minimum Gasteiger partial charge on any atom is -0.391 e. The molecule has 1 aliphatic rings. The molecule has 0 aliphatic heterocycles. The maximum absolute atomic E-state index is 4.07. The highest BCUT2D eigenvalue weighted by molar-refractivity contribution is 5.22. The minimum atomic E-state index is 0.420. The van der Waals surface area contributed by atoms with E-state index in [0.29, 0.717) is 17.8 Å². The van der Waals surface area contributed by atoms with Gasteiger partial charge in [0, 0.05) is 18.7 Å². The van der Waals surface area contributed by atoms with E-state index in [9.17, 15) is 0 Å². The topological polar surface area (TPSA) is 24.1 Å². The summed E-state index contributed by atoms with van der Waals surface area (Å²) in [7, 11) is 3.94. The molecule has 3 unspecified atom stereocenters. The summed E-state index contributed by atoms with van der Waals surface area (Å²) in [6, 6.07) is 0. The smallest absolute Gasteiger partial charge is 0.0229 e. The van der Waals surface area contributed by atoms with Crippen molar-refractivity contribution in [3.05, 3.63) is 36.6 Å². The van der Waals surface area contributed by atoms with Gasteiger partial charge in [-0.15, -0.1) is 0 Å². The van der Waals surface area contributed by atoms with Crippen LogP contribution in [-0.4, -0.2) is 20.6 Å². The summed E-state index contributed by atoms with van der Waals surface area (Å²) in [4.78, 5) is 0. The fourth-order valence-electron chi connectivity index (χ4n) is 2.14. The van der Waals surface area contributed by atoms with Crippen LogP contribution < -0.4 is 10.6 Å². The molecule has 2 nitrogen and oxygen atoms in total. The Balaban J connectivity index is 2.71. The molecule has 0 spiro atoms. The predicted octanol–water partition coefficient (Wildman–Crippen LogP) is 1.93. The van der Waals surface area contributed by atoms with Crippen LogP contribution in [0.5, 0.6) is 0 Å². The van der Waals surface area contributed by atoms with Crippen LogP contribution >= 0.6 is 0 Å². The Morgan fingerprint density at radius 2 is 2.00 bits per heavy atom. The van der Waals surface area contributed by atoms with Gasteiger partial charge in [0.15, 0.2) is 0 Å². The quantitative estimate of drug-likeness (QED) is 0.718. The van der Waals surface area contributed by atoms with Gasteiger partial charge in [0.2, 0.25) is 0 Å². The summed E-state index contributed by atoms with van der Waals surface area (Å²) in [6.45, 7) is 7.39. The molecule has 0 aromatic carbocycles. The monoisotopic (exact) mass is 206 g/mol. The van der Waals surface area contributed by atoms with Gasteiger partial charge in [-0.3, -0.25) is 0 Å². The van der Waals surface area contributed by atoms with E-state index in [1.54, 1.807) is 0 Å². The number of nitrogens with one attached hydrogen (secondary N) is 2. The minimum absolute atomic E-state index is 0.420. The highest BCUT2D eigenvalue weighted by atomic mass is 14.8. The maximum atomic E-state index is 4.07. The standard InChI is InChI=1S/C13H22N2/c1-10(9-14-3)12-7-5-6-8-13(12)11(2)15-4/h5-8,10,12-15H,2,9H2,1,3-4H3. The van der Waals surface area contributed by atoms with Gasteiger partial charge in [-0.25, -0.2) is 0 Å². The lowest BCUT2D eigenvalue weighted by atomic mass is 9.78. The molecular formula is C13H22N2. The summed E-state index contributed by atoms with van der Waals surface area (Å²) in [6.07, 6.45) is 8.76. The molecule has 84 valence electrons. The molecule has 0 radical (unpaired) electrons. The van der Waals surface area contributed by atoms with Gasteiger partial charge in [0.1, 0.15) is 0 Å². The van der Waals surface area contributed by atoms with Crippen molar-refractivity contribution in [3.63, 3.8) is 0 Å². The van der Waals surface area contributed by atoms with Crippen LogP contribution in [-0.2, 0) is 0 Å². The summed E-state index contributed by atoms with van der Waals surface area (Å²) in [5.41, 5.74) is 1.10. The molecule has 0 aromatic heterocycles. The first-order chi connectivity index (χ1) is 7.20. The zero-order chi connectivity index (χ0) is 11.3. The van der Waals surface area contributed by atoms with E-state index < -0.39 is 0 Å². The van der Waals surface area contributed by atoms with Crippen molar-refractivity contribution in [2.24, 2.45) is 17.8 Å². The first-order valence-electron chi connectivity index (χ1n) is 5.56. The molecule has 0 bridgehead atoms. The molecule has 3 atom stereocenters. The molecule has 0 fully saturated rings. The first-order valence-corrected chi connectivity index (χ1v) is 5.56. The molecule has 0 amide bonds. The van der Waals surface area contributed by atoms with Gasteiger partial charge in [-0.2, -0.15) is 0 Å². The molecule has 0 heterocycles. The Kier molecular flexibility index (Phi) is 4.63. The van der Waals surface area contributed by atoms with Crippen LogP contribution in [0.15, 0.2) is 36.6 Å². The summed E-state index contributed by atoms with van der Waals surface area (Å²) in [5, 5.41) is 6.40. The Morgan fingerprint density at radius 3 is 2.60 bits per heavy atom. The summed E-state index contributed by atoms with van der Waals surface area (Å²) < 4.78 is 0. The Hall–Kier alpha value is -1.02. The van der Waals surface area contributed by atoms with E-state index in [2.05, 4.69) is 48.4 Å². The van der Waals surface area contributed by atoms with Crippen LogP contribution in [0.25, 0.3) is 0 Å². The third-order valence-corrected chi connectivity index (χ3v) is 3.08. The number of rotatable bonds is 5. The first kappa shape index (κ1) is 12.1. The van der Waals surface area contributed by atoms with Crippen LogP contribution in [0.4, 0.5) is 0 Å². The molecule has 1 rings (SSSR count). The summed E-state index contributed by atoms with van der Waals surface area (Å²) in [5.74, 6) is 1.58. The van der Waals surface area contributed by atoms with E-state index in [-0.39, 0.29) is 0 Å². The van der Waals surface area contributed by atoms with Crippen molar-refractivity contribution in [2.45, 2.75) is 6.92 Å². The fourth-order valence-corrected chi connectivity index (χ4v) is 2.14. The van der Waals surface area contributed by atoms with E-state index in [4.69, 9.17) is 0 Å². The van der Waals surface area contributed by atoms with Gasteiger partial charge in [0.25, 0.3) is 0 Å². The second-order valence-corrected chi connectivity index (χ2v) is 4.18. The fraction of sp³-hybridized carbons (Fsp3) is 0.538. The van der Waals surface area contributed by atoms with Gasteiger partial charge < -0.3 is 10.6 Å². The van der Waals surface area contributed by atoms with Gasteiger partial charge in [0.05, 0.1) is 0 Å². The van der Waals surface area contributed by atoms with Crippen LogP contribution in [0.2, 0.25) is 0 Å². The van der Waals surface area contributed by atoms with Crippen molar-refractivity contribution >= 4 is 0 Å². The average molecular weight is 206 g/mol. The maximum Gasteiger partial charge on any atom is 0.0229 e. The lowest BCUT2D eigenvalue weighted by Crippen LogP contribution is -2.31. The largest absolute Gasteiger partial charge is 0.391 e. The van der Waals surface area contributed by atoms with E-state index in [0.717, 1.165) is 12.2 Å². The zero-order valence-electron chi connectivity index (χ0n) is 9.96. The van der Waals surface area contributed by atoms with Crippen molar-refractivity contribution in [2.75, 3.05) is 20.6 Å². The Morgan fingerprint density at radius 1 is 1.33 bits per heavy atom. The second kappa shape index (κ2) is 5.76. The molecule has 0 saturated carbocycles. The third kappa shape index (κ3) is 2.96. The lowest BCUT2D eigenvalue weighted by Gasteiger charge is -2.30. The van der Waals surface area contributed by atoms with E-state index in [1.807, 2.05) is 14.1 Å². The van der Waals surface area contributed by atoms with E-state index >= 15 is 0 Å². The SMILES string of the molecule is C=C(NC)C1C=CC=CC1C(C)CNC. The van der Waals surface area contributed by atoms with Gasteiger partial charge in [-0.1, -0.05) is 37.8 Å². The highest BCUT2D eigenvalue weighted by Crippen LogP contribution is 2.30. The van der Waals surface area contributed by atoms with Gasteiger partial charge in [-0.05, 0) is 25.4 Å². The Bertz CT molecular complexity index is 266. The molecule has 0 saturated heterocycles. The van der Waals surface area contributed by atoms with E-state index in [1.165, 1.54) is 0 Å². The lowest BCUT2D eigenvalue weighted by molar-refractivity contribution is 0.352. The molecular weight excluding hydrogens is 184 g/mol. The van der Waals surface area contributed by atoms with Crippen LogP contribution in [0, 0.1) is 17.8 Å². The number of hydrogen-bond acceptors (Lipinski definition) is 2.